The average Bonchev–Trinajstić information content (AvgIpc) is 2.29. The summed E-state index contributed by atoms with van der Waals surface area (Å²) in [5.41, 5.74) is 2.79. The molecule has 0 spiro atoms. The molecule has 1 aromatic carbocycles. The highest BCUT2D eigenvalue weighted by molar-refractivity contribution is 5.42. The fourth-order valence-electron chi connectivity index (χ4n) is 3.00. The molecule has 0 aromatic heterocycles. The van der Waals surface area contributed by atoms with Crippen molar-refractivity contribution in [1.29, 1.82) is 0 Å². The van der Waals surface area contributed by atoms with Crippen LogP contribution in [-0.2, 0) is 0 Å². The van der Waals surface area contributed by atoms with Gasteiger partial charge in [0.15, 0.2) is 0 Å². The van der Waals surface area contributed by atoms with Crippen LogP contribution in [-0.4, -0.2) is 6.54 Å². The number of rotatable bonds is 3. The summed E-state index contributed by atoms with van der Waals surface area (Å²) in [6.07, 6.45) is 3.70. The Balaban J connectivity index is 1.95. The van der Waals surface area contributed by atoms with Crippen LogP contribution in [0.1, 0.15) is 27.2 Å². The number of hydrogen-bond donors (Lipinski definition) is 1. The molecular formula is C16H23N. The second-order valence-corrected chi connectivity index (χ2v) is 5.46. The number of para-hydroxylation sites is 1. The molecule has 17 heavy (non-hydrogen) atoms. The van der Waals surface area contributed by atoms with Crippen LogP contribution in [0, 0.1) is 17.8 Å². The highest BCUT2D eigenvalue weighted by Crippen LogP contribution is 2.33. The van der Waals surface area contributed by atoms with E-state index in [1.165, 1.54) is 12.1 Å². The second kappa shape index (κ2) is 5.39. The molecule has 0 heterocycles. The summed E-state index contributed by atoms with van der Waals surface area (Å²) in [5.74, 6) is 2.22. The molecule has 0 saturated heterocycles. The van der Waals surface area contributed by atoms with E-state index in [0.717, 1.165) is 18.4 Å². The SMILES string of the molecule is CC1=C[C@@H](C)[C@H](CNc2ccccc2)[C@H](C)C1. The smallest absolute Gasteiger partial charge is 0.0340 e. The minimum absolute atomic E-state index is 0.690. The summed E-state index contributed by atoms with van der Waals surface area (Å²) < 4.78 is 0. The zero-order valence-electron chi connectivity index (χ0n) is 11.1. The van der Waals surface area contributed by atoms with Gasteiger partial charge in [0.2, 0.25) is 0 Å². The molecule has 1 aromatic rings. The number of hydrogen-bond acceptors (Lipinski definition) is 1. The van der Waals surface area contributed by atoms with Crippen LogP contribution in [0.25, 0.3) is 0 Å². The molecule has 0 fully saturated rings. The Kier molecular flexibility index (Phi) is 3.88. The van der Waals surface area contributed by atoms with Crippen LogP contribution in [0.2, 0.25) is 0 Å². The van der Waals surface area contributed by atoms with Gasteiger partial charge in [-0.1, -0.05) is 43.7 Å². The highest BCUT2D eigenvalue weighted by Gasteiger charge is 2.26. The van der Waals surface area contributed by atoms with Crippen molar-refractivity contribution in [3.05, 3.63) is 42.0 Å². The van der Waals surface area contributed by atoms with Crippen molar-refractivity contribution in [3.8, 4) is 0 Å². The van der Waals surface area contributed by atoms with E-state index in [9.17, 15) is 0 Å². The van der Waals surface area contributed by atoms with Crippen LogP contribution in [0.4, 0.5) is 5.69 Å². The lowest BCUT2D eigenvalue weighted by molar-refractivity contribution is 0.287. The van der Waals surface area contributed by atoms with E-state index in [2.05, 4.69) is 62.5 Å². The normalized spacial score (nSPS) is 28.6. The molecule has 1 aliphatic carbocycles. The van der Waals surface area contributed by atoms with Gasteiger partial charge in [0.25, 0.3) is 0 Å². The molecule has 1 aliphatic rings. The monoisotopic (exact) mass is 229 g/mol. The van der Waals surface area contributed by atoms with Gasteiger partial charge in [0, 0.05) is 12.2 Å². The molecule has 3 atom stereocenters. The molecule has 0 bridgehead atoms. The predicted molar refractivity (Wildman–Crippen MR) is 75.1 cm³/mol. The molecule has 0 unspecified atom stereocenters. The Bertz CT molecular complexity index is 380. The van der Waals surface area contributed by atoms with Crippen molar-refractivity contribution in [2.75, 3.05) is 11.9 Å². The Hall–Kier alpha value is -1.24. The summed E-state index contributed by atoms with van der Waals surface area (Å²) in [5, 5.41) is 3.56. The van der Waals surface area contributed by atoms with E-state index < -0.39 is 0 Å². The van der Waals surface area contributed by atoms with Gasteiger partial charge in [-0.15, -0.1) is 0 Å². The van der Waals surface area contributed by atoms with Gasteiger partial charge in [0.05, 0.1) is 0 Å². The Morgan fingerprint density at radius 3 is 2.53 bits per heavy atom. The minimum Gasteiger partial charge on any atom is -0.385 e. The lowest BCUT2D eigenvalue weighted by Gasteiger charge is -2.33. The maximum absolute atomic E-state index is 3.56. The lowest BCUT2D eigenvalue weighted by Crippen LogP contribution is -2.29. The zero-order chi connectivity index (χ0) is 12.3. The first kappa shape index (κ1) is 12.2. The van der Waals surface area contributed by atoms with E-state index in [0.29, 0.717) is 5.92 Å². The Morgan fingerprint density at radius 1 is 1.18 bits per heavy atom. The molecule has 0 saturated carbocycles. The fraction of sp³-hybridized carbons (Fsp3) is 0.500. The van der Waals surface area contributed by atoms with Crippen LogP contribution >= 0.6 is 0 Å². The van der Waals surface area contributed by atoms with Gasteiger partial charge >= 0.3 is 0 Å². The van der Waals surface area contributed by atoms with Crippen LogP contribution < -0.4 is 5.32 Å². The fourth-order valence-corrected chi connectivity index (χ4v) is 3.00. The number of nitrogens with one attached hydrogen (secondary N) is 1. The summed E-state index contributed by atoms with van der Waals surface area (Å²) in [6.45, 7) is 8.06. The molecule has 2 rings (SSSR count). The maximum atomic E-state index is 3.56. The van der Waals surface area contributed by atoms with E-state index >= 15 is 0 Å². The maximum Gasteiger partial charge on any atom is 0.0340 e. The largest absolute Gasteiger partial charge is 0.385 e. The first-order valence-electron chi connectivity index (χ1n) is 6.63. The average molecular weight is 229 g/mol. The van der Waals surface area contributed by atoms with Crippen molar-refractivity contribution in [1.82, 2.24) is 0 Å². The zero-order valence-corrected chi connectivity index (χ0v) is 11.1. The van der Waals surface area contributed by atoms with Crippen molar-refractivity contribution < 1.29 is 0 Å². The van der Waals surface area contributed by atoms with Crippen molar-refractivity contribution in [2.45, 2.75) is 27.2 Å². The first-order valence-corrected chi connectivity index (χ1v) is 6.63. The Morgan fingerprint density at radius 2 is 1.88 bits per heavy atom. The molecule has 1 N–H and O–H groups in total. The van der Waals surface area contributed by atoms with Crippen LogP contribution in [0.5, 0.6) is 0 Å². The summed E-state index contributed by atoms with van der Waals surface area (Å²) >= 11 is 0. The standard InChI is InChI=1S/C16H23N/c1-12-9-13(2)16(14(3)10-12)11-17-15-7-5-4-6-8-15/h4-9,13-14,16-17H,10-11H2,1-3H3/t13-,14-,16+/m1/s1. The van der Waals surface area contributed by atoms with Gasteiger partial charge < -0.3 is 5.32 Å². The van der Waals surface area contributed by atoms with Gasteiger partial charge in [-0.2, -0.15) is 0 Å². The van der Waals surface area contributed by atoms with E-state index in [1.54, 1.807) is 5.57 Å². The van der Waals surface area contributed by atoms with Crippen LogP contribution in [0.15, 0.2) is 42.0 Å². The molecule has 0 aliphatic heterocycles. The quantitative estimate of drug-likeness (QED) is 0.760. The molecule has 92 valence electrons. The van der Waals surface area contributed by atoms with E-state index in [1.807, 2.05) is 0 Å². The number of allylic oxidation sites excluding steroid dienone is 2. The molecular weight excluding hydrogens is 206 g/mol. The van der Waals surface area contributed by atoms with Gasteiger partial charge in [-0.3, -0.25) is 0 Å². The highest BCUT2D eigenvalue weighted by atomic mass is 14.9. The van der Waals surface area contributed by atoms with Crippen LogP contribution in [0.3, 0.4) is 0 Å². The molecule has 1 heteroatoms. The van der Waals surface area contributed by atoms with Gasteiger partial charge in [-0.05, 0) is 43.2 Å². The molecule has 0 radical (unpaired) electrons. The van der Waals surface area contributed by atoms with Crippen molar-refractivity contribution >= 4 is 5.69 Å². The predicted octanol–water partition coefficient (Wildman–Crippen LogP) is 4.34. The minimum atomic E-state index is 0.690. The van der Waals surface area contributed by atoms with Gasteiger partial charge in [0.1, 0.15) is 0 Å². The summed E-state index contributed by atoms with van der Waals surface area (Å²) in [7, 11) is 0. The molecule has 0 amide bonds. The van der Waals surface area contributed by atoms with Crippen molar-refractivity contribution in [3.63, 3.8) is 0 Å². The third kappa shape index (κ3) is 3.12. The summed E-state index contributed by atoms with van der Waals surface area (Å²) in [4.78, 5) is 0. The first-order chi connectivity index (χ1) is 8.16. The van der Waals surface area contributed by atoms with Crippen molar-refractivity contribution in [2.24, 2.45) is 17.8 Å². The lowest BCUT2D eigenvalue weighted by atomic mass is 9.75. The molecule has 1 nitrogen and oxygen atoms in total. The Labute approximate surface area is 105 Å². The topological polar surface area (TPSA) is 12.0 Å². The number of anilines is 1. The van der Waals surface area contributed by atoms with E-state index in [4.69, 9.17) is 0 Å². The summed E-state index contributed by atoms with van der Waals surface area (Å²) in [6, 6.07) is 10.5. The van der Waals surface area contributed by atoms with Gasteiger partial charge in [-0.25, -0.2) is 0 Å². The third-order valence-corrected chi connectivity index (χ3v) is 3.91. The van der Waals surface area contributed by atoms with E-state index in [-0.39, 0.29) is 0 Å². The third-order valence-electron chi connectivity index (χ3n) is 3.91. The second-order valence-electron chi connectivity index (χ2n) is 5.46. The number of benzene rings is 1.